The Hall–Kier alpha value is -1.56. The van der Waals surface area contributed by atoms with Crippen LogP contribution in [0.5, 0.6) is 0 Å². The SMILES string of the molecule is O=C(O)CCNC(=O)NC1CCc2cc(Br)ccc21. The Balaban J connectivity index is 1.88. The molecule has 0 fully saturated rings. The van der Waals surface area contributed by atoms with E-state index in [1.54, 1.807) is 0 Å². The van der Waals surface area contributed by atoms with Gasteiger partial charge in [0, 0.05) is 11.0 Å². The van der Waals surface area contributed by atoms with E-state index >= 15 is 0 Å². The second-order valence-electron chi connectivity index (χ2n) is 4.48. The van der Waals surface area contributed by atoms with Crippen LogP contribution in [0, 0.1) is 0 Å². The summed E-state index contributed by atoms with van der Waals surface area (Å²) in [6.45, 7) is 0.140. The molecule has 102 valence electrons. The molecule has 0 heterocycles. The Labute approximate surface area is 119 Å². The summed E-state index contributed by atoms with van der Waals surface area (Å²) >= 11 is 3.43. The van der Waals surface area contributed by atoms with Crippen LogP contribution in [0.2, 0.25) is 0 Å². The van der Waals surface area contributed by atoms with Gasteiger partial charge in [0.15, 0.2) is 0 Å². The van der Waals surface area contributed by atoms with Gasteiger partial charge in [-0.3, -0.25) is 4.79 Å². The van der Waals surface area contributed by atoms with Gasteiger partial charge in [0.05, 0.1) is 12.5 Å². The molecule has 1 aliphatic carbocycles. The Morgan fingerprint density at radius 2 is 2.21 bits per heavy atom. The van der Waals surface area contributed by atoms with Crippen molar-refractivity contribution >= 4 is 27.9 Å². The van der Waals surface area contributed by atoms with Gasteiger partial charge in [-0.2, -0.15) is 0 Å². The lowest BCUT2D eigenvalue weighted by Crippen LogP contribution is -2.38. The van der Waals surface area contributed by atoms with Gasteiger partial charge >= 0.3 is 12.0 Å². The van der Waals surface area contributed by atoms with Gasteiger partial charge in [-0.25, -0.2) is 4.79 Å². The molecule has 0 spiro atoms. The standard InChI is InChI=1S/C13H15BrN2O3/c14-9-2-3-10-8(7-9)1-4-11(10)16-13(19)15-6-5-12(17)18/h2-3,7,11H,1,4-6H2,(H,17,18)(H2,15,16,19). The Bertz CT molecular complexity index is 505. The highest BCUT2D eigenvalue weighted by Crippen LogP contribution is 2.32. The molecule has 2 rings (SSSR count). The Morgan fingerprint density at radius 3 is 2.95 bits per heavy atom. The lowest BCUT2D eigenvalue weighted by Gasteiger charge is -2.14. The fourth-order valence-corrected chi connectivity index (χ4v) is 2.64. The normalized spacial score (nSPS) is 16.8. The van der Waals surface area contributed by atoms with Crippen molar-refractivity contribution in [3.8, 4) is 0 Å². The molecule has 5 nitrogen and oxygen atoms in total. The van der Waals surface area contributed by atoms with E-state index in [-0.39, 0.29) is 25.0 Å². The third-order valence-electron chi connectivity index (χ3n) is 3.11. The second-order valence-corrected chi connectivity index (χ2v) is 5.39. The number of carboxylic acids is 1. The summed E-state index contributed by atoms with van der Waals surface area (Å²) in [6, 6.07) is 5.73. The average Bonchev–Trinajstić information content (AvgIpc) is 2.71. The first-order valence-electron chi connectivity index (χ1n) is 6.11. The van der Waals surface area contributed by atoms with Gasteiger partial charge in [-0.15, -0.1) is 0 Å². The number of halogens is 1. The number of aliphatic carboxylic acids is 1. The maximum absolute atomic E-state index is 11.6. The van der Waals surface area contributed by atoms with E-state index in [1.807, 2.05) is 12.1 Å². The second kappa shape index (κ2) is 6.06. The zero-order valence-electron chi connectivity index (χ0n) is 10.3. The Morgan fingerprint density at radius 1 is 1.42 bits per heavy atom. The van der Waals surface area contributed by atoms with Crippen LogP contribution in [-0.2, 0) is 11.2 Å². The number of hydrogen-bond acceptors (Lipinski definition) is 2. The molecule has 3 N–H and O–H groups in total. The first kappa shape index (κ1) is 13.9. The summed E-state index contributed by atoms with van der Waals surface area (Å²) < 4.78 is 1.04. The molecule has 0 saturated heterocycles. The van der Waals surface area contributed by atoms with Crippen molar-refractivity contribution in [1.29, 1.82) is 0 Å². The highest BCUT2D eigenvalue weighted by Gasteiger charge is 2.23. The zero-order valence-corrected chi connectivity index (χ0v) is 11.9. The smallest absolute Gasteiger partial charge is 0.315 e. The van der Waals surface area contributed by atoms with Crippen molar-refractivity contribution in [3.05, 3.63) is 33.8 Å². The number of carbonyl (C=O) groups excluding carboxylic acids is 1. The summed E-state index contributed by atoms with van der Waals surface area (Å²) in [7, 11) is 0. The summed E-state index contributed by atoms with van der Waals surface area (Å²) in [5, 5.41) is 13.9. The lowest BCUT2D eigenvalue weighted by atomic mass is 10.1. The molecule has 1 atom stereocenters. The maximum atomic E-state index is 11.6. The maximum Gasteiger partial charge on any atom is 0.315 e. The van der Waals surface area contributed by atoms with Crippen molar-refractivity contribution in [2.45, 2.75) is 25.3 Å². The molecule has 19 heavy (non-hydrogen) atoms. The van der Waals surface area contributed by atoms with E-state index < -0.39 is 5.97 Å². The molecule has 0 bridgehead atoms. The van der Waals surface area contributed by atoms with Crippen LogP contribution in [0.3, 0.4) is 0 Å². The number of aryl methyl sites for hydroxylation is 1. The number of hydrogen-bond donors (Lipinski definition) is 3. The molecule has 0 aromatic heterocycles. The molecule has 6 heteroatoms. The molecule has 0 radical (unpaired) electrons. The zero-order chi connectivity index (χ0) is 13.8. The third-order valence-corrected chi connectivity index (χ3v) is 3.61. The van der Waals surface area contributed by atoms with Crippen LogP contribution < -0.4 is 10.6 Å². The van der Waals surface area contributed by atoms with Crippen molar-refractivity contribution in [2.75, 3.05) is 6.54 Å². The lowest BCUT2D eigenvalue weighted by molar-refractivity contribution is -0.136. The summed E-state index contributed by atoms with van der Waals surface area (Å²) in [6.07, 6.45) is 1.74. The topological polar surface area (TPSA) is 78.4 Å². The van der Waals surface area contributed by atoms with Crippen molar-refractivity contribution in [1.82, 2.24) is 10.6 Å². The van der Waals surface area contributed by atoms with Gasteiger partial charge in [0.25, 0.3) is 0 Å². The number of nitrogens with one attached hydrogen (secondary N) is 2. The molecule has 1 aromatic carbocycles. The molecule has 0 aliphatic heterocycles. The monoisotopic (exact) mass is 326 g/mol. The van der Waals surface area contributed by atoms with Crippen LogP contribution in [-0.4, -0.2) is 23.7 Å². The van der Waals surface area contributed by atoms with E-state index in [0.29, 0.717) is 0 Å². The van der Waals surface area contributed by atoms with Gasteiger partial charge in [-0.05, 0) is 36.1 Å². The first-order valence-corrected chi connectivity index (χ1v) is 6.90. The number of benzene rings is 1. The van der Waals surface area contributed by atoms with Crippen LogP contribution in [0.1, 0.15) is 30.0 Å². The predicted octanol–water partition coefficient (Wildman–Crippen LogP) is 2.21. The van der Waals surface area contributed by atoms with Crippen LogP contribution in [0.15, 0.2) is 22.7 Å². The number of carboxylic acid groups (broad SMARTS) is 1. The fourth-order valence-electron chi connectivity index (χ4n) is 2.23. The quantitative estimate of drug-likeness (QED) is 0.793. The molecular weight excluding hydrogens is 312 g/mol. The highest BCUT2D eigenvalue weighted by molar-refractivity contribution is 9.10. The van der Waals surface area contributed by atoms with Crippen LogP contribution >= 0.6 is 15.9 Å². The first-order chi connectivity index (χ1) is 9.06. The van der Waals surface area contributed by atoms with Gasteiger partial charge in [-0.1, -0.05) is 22.0 Å². The van der Waals surface area contributed by atoms with Gasteiger partial charge in [0.2, 0.25) is 0 Å². The number of rotatable bonds is 4. The van der Waals surface area contributed by atoms with Crippen molar-refractivity contribution in [3.63, 3.8) is 0 Å². The number of fused-ring (bicyclic) bond motifs is 1. The predicted molar refractivity (Wildman–Crippen MR) is 74.0 cm³/mol. The number of urea groups is 1. The van der Waals surface area contributed by atoms with E-state index in [1.165, 1.54) is 5.56 Å². The van der Waals surface area contributed by atoms with E-state index in [4.69, 9.17) is 5.11 Å². The minimum atomic E-state index is -0.920. The van der Waals surface area contributed by atoms with Crippen LogP contribution in [0.25, 0.3) is 0 Å². The number of carbonyl (C=O) groups is 2. The average molecular weight is 327 g/mol. The molecular formula is C13H15BrN2O3. The molecule has 1 aliphatic rings. The van der Waals surface area contributed by atoms with Gasteiger partial charge < -0.3 is 15.7 Å². The van der Waals surface area contributed by atoms with E-state index in [0.717, 1.165) is 22.9 Å². The summed E-state index contributed by atoms with van der Waals surface area (Å²) in [5.74, 6) is -0.920. The third kappa shape index (κ3) is 3.70. The molecule has 1 unspecified atom stereocenters. The van der Waals surface area contributed by atoms with Crippen LogP contribution in [0.4, 0.5) is 4.79 Å². The fraction of sp³-hybridized carbons (Fsp3) is 0.385. The molecule has 2 amide bonds. The molecule has 0 saturated carbocycles. The summed E-state index contributed by atoms with van der Waals surface area (Å²) in [5.41, 5.74) is 2.38. The van der Waals surface area contributed by atoms with Gasteiger partial charge in [0.1, 0.15) is 0 Å². The highest BCUT2D eigenvalue weighted by atomic mass is 79.9. The largest absolute Gasteiger partial charge is 0.481 e. The Kier molecular flexibility index (Phi) is 4.42. The minimum Gasteiger partial charge on any atom is -0.481 e. The van der Waals surface area contributed by atoms with E-state index in [9.17, 15) is 9.59 Å². The number of amides is 2. The molecule has 1 aromatic rings. The van der Waals surface area contributed by atoms with Crippen molar-refractivity contribution in [2.24, 2.45) is 0 Å². The minimum absolute atomic E-state index is 0.00734. The van der Waals surface area contributed by atoms with E-state index in [2.05, 4.69) is 32.6 Å². The van der Waals surface area contributed by atoms with Crippen molar-refractivity contribution < 1.29 is 14.7 Å². The summed E-state index contributed by atoms with van der Waals surface area (Å²) in [4.78, 5) is 22.0.